The van der Waals surface area contributed by atoms with Crippen LogP contribution < -0.4 is 10.6 Å². The largest absolute Gasteiger partial charge is 0.388 e. The van der Waals surface area contributed by atoms with Gasteiger partial charge >= 0.3 is 0 Å². The van der Waals surface area contributed by atoms with Crippen LogP contribution in [-0.4, -0.2) is 52.1 Å². The second-order valence-electron chi connectivity index (χ2n) is 5.24. The zero-order valence-corrected chi connectivity index (χ0v) is 11.8. The highest BCUT2D eigenvalue weighted by atomic mass is 32.1. The summed E-state index contributed by atoms with van der Waals surface area (Å²) in [6, 6.07) is 2.42. The molecule has 1 aromatic rings. The van der Waals surface area contributed by atoms with E-state index < -0.39 is 0 Å². The predicted molar refractivity (Wildman–Crippen MR) is 79.3 cm³/mol. The molecule has 0 saturated carbocycles. The standard InChI is InChI=1S/C13H19N5S/c14-12(19)11-4-5-15-13(16-11)18-8-2-7-17-6-1-3-10(17)9-18/h4-5,10H,1-3,6-9H2,(H2,14,19). The fourth-order valence-electron chi connectivity index (χ4n) is 3.03. The summed E-state index contributed by atoms with van der Waals surface area (Å²) in [5.74, 6) is 0.763. The minimum absolute atomic E-state index is 0.334. The molecule has 0 amide bonds. The van der Waals surface area contributed by atoms with E-state index in [4.69, 9.17) is 18.0 Å². The van der Waals surface area contributed by atoms with E-state index in [1.807, 2.05) is 0 Å². The number of aromatic nitrogens is 2. The van der Waals surface area contributed by atoms with Gasteiger partial charge in [0, 0.05) is 31.9 Å². The molecule has 0 aliphatic carbocycles. The van der Waals surface area contributed by atoms with E-state index >= 15 is 0 Å². The molecule has 0 radical (unpaired) electrons. The van der Waals surface area contributed by atoms with E-state index in [0.29, 0.717) is 16.7 Å². The molecule has 2 fully saturated rings. The number of nitrogens with two attached hydrogens (primary N) is 1. The Bertz CT molecular complexity index is 478. The van der Waals surface area contributed by atoms with Crippen molar-refractivity contribution in [1.29, 1.82) is 0 Å². The van der Waals surface area contributed by atoms with Gasteiger partial charge in [-0.15, -0.1) is 0 Å². The van der Waals surface area contributed by atoms with Crippen LogP contribution in [0.25, 0.3) is 0 Å². The lowest BCUT2D eigenvalue weighted by molar-refractivity contribution is 0.273. The lowest BCUT2D eigenvalue weighted by atomic mass is 10.2. The van der Waals surface area contributed by atoms with Crippen LogP contribution in [0.2, 0.25) is 0 Å². The fraction of sp³-hybridized carbons (Fsp3) is 0.615. The summed E-state index contributed by atoms with van der Waals surface area (Å²) in [6.45, 7) is 4.46. The average Bonchev–Trinajstić information content (AvgIpc) is 2.76. The van der Waals surface area contributed by atoms with Crippen LogP contribution in [-0.2, 0) is 0 Å². The van der Waals surface area contributed by atoms with Crippen LogP contribution in [0.1, 0.15) is 25.0 Å². The van der Waals surface area contributed by atoms with E-state index in [1.165, 1.54) is 25.9 Å². The SMILES string of the molecule is NC(=S)c1ccnc(N2CCCN3CCCC3C2)n1. The minimum Gasteiger partial charge on any atom is -0.388 e. The maximum Gasteiger partial charge on any atom is 0.225 e. The quantitative estimate of drug-likeness (QED) is 0.807. The van der Waals surface area contributed by atoms with Gasteiger partial charge in [-0.25, -0.2) is 9.97 Å². The first-order chi connectivity index (χ1) is 9.24. The van der Waals surface area contributed by atoms with Gasteiger partial charge in [0.1, 0.15) is 10.7 Å². The average molecular weight is 277 g/mol. The highest BCUT2D eigenvalue weighted by Gasteiger charge is 2.29. The summed E-state index contributed by atoms with van der Waals surface area (Å²) in [5, 5.41) is 0. The van der Waals surface area contributed by atoms with Crippen molar-refractivity contribution in [1.82, 2.24) is 14.9 Å². The van der Waals surface area contributed by atoms with Crippen molar-refractivity contribution in [2.24, 2.45) is 5.73 Å². The predicted octanol–water partition coefficient (Wildman–Crippen LogP) is 0.785. The summed E-state index contributed by atoms with van der Waals surface area (Å²) >= 11 is 4.99. The number of hydrogen-bond acceptors (Lipinski definition) is 5. The molecule has 0 bridgehead atoms. The van der Waals surface area contributed by atoms with E-state index in [2.05, 4.69) is 19.8 Å². The van der Waals surface area contributed by atoms with Crippen molar-refractivity contribution >= 4 is 23.2 Å². The van der Waals surface area contributed by atoms with Crippen LogP contribution in [0.4, 0.5) is 5.95 Å². The minimum atomic E-state index is 0.334. The van der Waals surface area contributed by atoms with Gasteiger partial charge in [0.05, 0.1) is 0 Å². The molecule has 3 heterocycles. The first-order valence-electron chi connectivity index (χ1n) is 6.86. The number of anilines is 1. The third kappa shape index (κ3) is 2.69. The molecule has 6 heteroatoms. The number of fused-ring (bicyclic) bond motifs is 1. The van der Waals surface area contributed by atoms with Crippen molar-refractivity contribution in [3.05, 3.63) is 18.0 Å². The smallest absolute Gasteiger partial charge is 0.225 e. The molecule has 3 rings (SSSR count). The van der Waals surface area contributed by atoms with Gasteiger partial charge in [0.15, 0.2) is 0 Å². The van der Waals surface area contributed by atoms with E-state index in [0.717, 1.165) is 25.5 Å². The molecule has 1 unspecified atom stereocenters. The van der Waals surface area contributed by atoms with E-state index in [9.17, 15) is 0 Å². The molecule has 2 saturated heterocycles. The molecule has 19 heavy (non-hydrogen) atoms. The normalized spacial score (nSPS) is 24.0. The van der Waals surface area contributed by atoms with Crippen molar-refractivity contribution < 1.29 is 0 Å². The molecule has 2 aliphatic heterocycles. The topological polar surface area (TPSA) is 58.3 Å². The molecule has 0 aromatic carbocycles. The van der Waals surface area contributed by atoms with Crippen LogP contribution in [0.3, 0.4) is 0 Å². The summed E-state index contributed by atoms with van der Waals surface area (Å²) in [6.07, 6.45) is 5.50. The lowest BCUT2D eigenvalue weighted by Gasteiger charge is -2.25. The highest BCUT2D eigenvalue weighted by Crippen LogP contribution is 2.23. The van der Waals surface area contributed by atoms with Gasteiger partial charge < -0.3 is 10.6 Å². The maximum atomic E-state index is 5.64. The van der Waals surface area contributed by atoms with E-state index in [-0.39, 0.29) is 0 Å². The highest BCUT2D eigenvalue weighted by molar-refractivity contribution is 7.80. The van der Waals surface area contributed by atoms with Gasteiger partial charge in [0.2, 0.25) is 5.95 Å². The van der Waals surface area contributed by atoms with Crippen LogP contribution in [0.15, 0.2) is 12.3 Å². The molecule has 2 aliphatic rings. The van der Waals surface area contributed by atoms with Crippen molar-refractivity contribution in [3.63, 3.8) is 0 Å². The Labute approximate surface area is 118 Å². The van der Waals surface area contributed by atoms with Gasteiger partial charge in [-0.05, 0) is 31.9 Å². The molecule has 5 nitrogen and oxygen atoms in total. The number of rotatable bonds is 2. The number of nitrogens with zero attached hydrogens (tertiary/aromatic N) is 4. The van der Waals surface area contributed by atoms with Crippen molar-refractivity contribution in [2.75, 3.05) is 31.1 Å². The Morgan fingerprint density at radius 2 is 2.16 bits per heavy atom. The van der Waals surface area contributed by atoms with Crippen LogP contribution >= 0.6 is 12.2 Å². The molecule has 1 aromatic heterocycles. The Kier molecular flexibility index (Phi) is 3.61. The first-order valence-corrected chi connectivity index (χ1v) is 7.27. The Balaban J connectivity index is 1.80. The molecular weight excluding hydrogens is 258 g/mol. The second-order valence-corrected chi connectivity index (χ2v) is 5.68. The Hall–Kier alpha value is -1.27. The van der Waals surface area contributed by atoms with Crippen molar-refractivity contribution in [3.8, 4) is 0 Å². The van der Waals surface area contributed by atoms with Gasteiger partial charge in [0.25, 0.3) is 0 Å². The third-order valence-corrected chi connectivity index (χ3v) is 4.19. The molecule has 2 N–H and O–H groups in total. The maximum absolute atomic E-state index is 5.64. The molecule has 102 valence electrons. The van der Waals surface area contributed by atoms with Crippen molar-refractivity contribution in [2.45, 2.75) is 25.3 Å². The third-order valence-electron chi connectivity index (χ3n) is 3.98. The summed E-state index contributed by atoms with van der Waals surface area (Å²) in [7, 11) is 0. The summed E-state index contributed by atoms with van der Waals surface area (Å²) < 4.78 is 0. The number of hydrogen-bond donors (Lipinski definition) is 1. The molecule has 1 atom stereocenters. The van der Waals surface area contributed by atoms with E-state index in [1.54, 1.807) is 12.3 Å². The van der Waals surface area contributed by atoms with Gasteiger partial charge in [-0.1, -0.05) is 12.2 Å². The zero-order chi connectivity index (χ0) is 13.2. The summed E-state index contributed by atoms with van der Waals surface area (Å²) in [4.78, 5) is 14.1. The Morgan fingerprint density at radius 1 is 1.32 bits per heavy atom. The summed E-state index contributed by atoms with van der Waals surface area (Å²) in [5.41, 5.74) is 6.30. The Morgan fingerprint density at radius 3 is 3.00 bits per heavy atom. The lowest BCUT2D eigenvalue weighted by Crippen LogP contribution is -2.37. The first kappa shape index (κ1) is 12.7. The molecule has 0 spiro atoms. The zero-order valence-electron chi connectivity index (χ0n) is 11.0. The monoisotopic (exact) mass is 277 g/mol. The van der Waals surface area contributed by atoms with Crippen LogP contribution in [0, 0.1) is 0 Å². The van der Waals surface area contributed by atoms with Gasteiger partial charge in [-0.2, -0.15) is 0 Å². The molecular formula is C13H19N5S. The van der Waals surface area contributed by atoms with Gasteiger partial charge in [-0.3, -0.25) is 4.90 Å². The fourth-order valence-corrected chi connectivity index (χ4v) is 3.14. The number of thiocarbonyl (C=S) groups is 1. The van der Waals surface area contributed by atoms with Crippen LogP contribution in [0.5, 0.6) is 0 Å². The second kappa shape index (κ2) is 5.38.